The molecular formula is C7H15ClS2. The van der Waals surface area contributed by atoms with Crippen molar-refractivity contribution < 1.29 is 0 Å². The van der Waals surface area contributed by atoms with Gasteiger partial charge in [-0.2, -0.15) is 23.5 Å². The SMILES string of the molecule is CCSCCSCCCCl. The maximum absolute atomic E-state index is 5.52. The summed E-state index contributed by atoms with van der Waals surface area (Å²) in [6.07, 6.45) is 1.16. The summed E-state index contributed by atoms with van der Waals surface area (Å²) in [5.41, 5.74) is 0. The van der Waals surface area contributed by atoms with Crippen molar-refractivity contribution in [2.45, 2.75) is 13.3 Å². The molecule has 0 spiro atoms. The van der Waals surface area contributed by atoms with Crippen LogP contribution in [0.1, 0.15) is 13.3 Å². The van der Waals surface area contributed by atoms with Crippen LogP contribution in [0.4, 0.5) is 0 Å². The number of alkyl halides is 1. The second-order valence-electron chi connectivity index (χ2n) is 1.85. The molecule has 0 amide bonds. The van der Waals surface area contributed by atoms with E-state index in [1.165, 1.54) is 23.0 Å². The van der Waals surface area contributed by atoms with Gasteiger partial charge in [0, 0.05) is 17.4 Å². The van der Waals surface area contributed by atoms with Gasteiger partial charge in [0.1, 0.15) is 0 Å². The summed E-state index contributed by atoms with van der Waals surface area (Å²) in [6.45, 7) is 2.20. The average Bonchev–Trinajstić information content (AvgIpc) is 1.97. The minimum atomic E-state index is 0.813. The molecule has 3 heteroatoms. The van der Waals surface area contributed by atoms with Crippen molar-refractivity contribution in [1.29, 1.82) is 0 Å². The summed E-state index contributed by atoms with van der Waals surface area (Å²) in [5.74, 6) is 5.87. The molecule has 0 aromatic rings. The first kappa shape index (κ1) is 11.0. The smallest absolute Gasteiger partial charge is 0.0231 e. The molecule has 0 aromatic carbocycles. The molecule has 0 unspecified atom stereocenters. The Hall–Kier alpha value is 0.990. The van der Waals surface area contributed by atoms with Crippen molar-refractivity contribution in [3.63, 3.8) is 0 Å². The van der Waals surface area contributed by atoms with Gasteiger partial charge in [-0.25, -0.2) is 0 Å². The molecule has 0 radical (unpaired) electrons. The standard InChI is InChI=1S/C7H15ClS2/c1-2-9-6-7-10-5-3-4-8/h2-7H2,1H3. The van der Waals surface area contributed by atoms with E-state index < -0.39 is 0 Å². The lowest BCUT2D eigenvalue weighted by molar-refractivity contribution is 1.12. The summed E-state index contributed by atoms with van der Waals surface area (Å²) in [5, 5.41) is 0. The van der Waals surface area contributed by atoms with Gasteiger partial charge in [0.2, 0.25) is 0 Å². The molecular weight excluding hydrogens is 184 g/mol. The van der Waals surface area contributed by atoms with Gasteiger partial charge in [0.15, 0.2) is 0 Å². The number of halogens is 1. The summed E-state index contributed by atoms with van der Waals surface area (Å²) in [4.78, 5) is 0. The van der Waals surface area contributed by atoms with E-state index in [1.54, 1.807) is 0 Å². The number of hydrogen-bond acceptors (Lipinski definition) is 2. The zero-order chi connectivity index (χ0) is 7.66. The van der Waals surface area contributed by atoms with Gasteiger partial charge >= 0.3 is 0 Å². The largest absolute Gasteiger partial charge is 0.161 e. The lowest BCUT2D eigenvalue weighted by Gasteiger charge is -1.97. The molecule has 0 aliphatic heterocycles. The topological polar surface area (TPSA) is 0 Å². The van der Waals surface area contributed by atoms with E-state index in [4.69, 9.17) is 11.6 Å². The molecule has 0 saturated heterocycles. The Kier molecular flexibility index (Phi) is 11.0. The van der Waals surface area contributed by atoms with Gasteiger partial charge < -0.3 is 0 Å². The highest BCUT2D eigenvalue weighted by Gasteiger charge is 1.88. The van der Waals surface area contributed by atoms with Crippen LogP contribution in [0.25, 0.3) is 0 Å². The van der Waals surface area contributed by atoms with Crippen LogP contribution in [0.15, 0.2) is 0 Å². The van der Waals surface area contributed by atoms with Crippen molar-refractivity contribution >= 4 is 35.1 Å². The quantitative estimate of drug-likeness (QED) is 0.456. The minimum absolute atomic E-state index is 0.813. The van der Waals surface area contributed by atoms with Crippen molar-refractivity contribution in [3.8, 4) is 0 Å². The predicted octanol–water partition coefficient (Wildman–Crippen LogP) is 3.10. The Morgan fingerprint density at radius 2 is 1.80 bits per heavy atom. The van der Waals surface area contributed by atoms with E-state index in [0.717, 1.165) is 12.3 Å². The van der Waals surface area contributed by atoms with E-state index in [1.807, 2.05) is 23.5 Å². The van der Waals surface area contributed by atoms with E-state index in [2.05, 4.69) is 6.92 Å². The maximum atomic E-state index is 5.52. The summed E-state index contributed by atoms with van der Waals surface area (Å²) >= 11 is 9.55. The Labute approximate surface area is 77.5 Å². The van der Waals surface area contributed by atoms with E-state index >= 15 is 0 Å². The third-order valence-electron chi connectivity index (χ3n) is 0.998. The molecule has 0 nitrogen and oxygen atoms in total. The fourth-order valence-corrected chi connectivity index (χ4v) is 2.60. The van der Waals surface area contributed by atoms with Crippen LogP contribution in [0, 0.1) is 0 Å². The molecule has 0 fully saturated rings. The van der Waals surface area contributed by atoms with Gasteiger partial charge in [0.05, 0.1) is 0 Å². The monoisotopic (exact) mass is 198 g/mol. The Balaban J connectivity index is 2.65. The van der Waals surface area contributed by atoms with Crippen molar-refractivity contribution in [2.24, 2.45) is 0 Å². The minimum Gasteiger partial charge on any atom is -0.161 e. The van der Waals surface area contributed by atoms with Crippen LogP contribution in [0.5, 0.6) is 0 Å². The zero-order valence-electron chi connectivity index (χ0n) is 6.44. The highest BCUT2D eigenvalue weighted by molar-refractivity contribution is 8.02. The van der Waals surface area contributed by atoms with Crippen LogP contribution in [0.2, 0.25) is 0 Å². The molecule has 62 valence electrons. The number of thioether (sulfide) groups is 2. The van der Waals surface area contributed by atoms with Gasteiger partial charge in [-0.05, 0) is 17.9 Å². The van der Waals surface area contributed by atoms with E-state index in [-0.39, 0.29) is 0 Å². The third kappa shape index (κ3) is 8.99. The van der Waals surface area contributed by atoms with Crippen molar-refractivity contribution in [3.05, 3.63) is 0 Å². The first-order valence-corrected chi connectivity index (χ1v) is 6.47. The van der Waals surface area contributed by atoms with E-state index in [9.17, 15) is 0 Å². The third-order valence-corrected chi connectivity index (χ3v) is 3.50. The molecule has 0 bridgehead atoms. The fourth-order valence-electron chi connectivity index (χ4n) is 0.521. The highest BCUT2D eigenvalue weighted by atomic mass is 35.5. The first-order valence-electron chi connectivity index (χ1n) is 3.63. The molecule has 0 heterocycles. The highest BCUT2D eigenvalue weighted by Crippen LogP contribution is 2.07. The average molecular weight is 199 g/mol. The van der Waals surface area contributed by atoms with Crippen molar-refractivity contribution in [2.75, 3.05) is 28.9 Å². The summed E-state index contributed by atoms with van der Waals surface area (Å²) in [7, 11) is 0. The summed E-state index contributed by atoms with van der Waals surface area (Å²) < 4.78 is 0. The predicted molar refractivity (Wildman–Crippen MR) is 55.7 cm³/mol. The molecule has 0 rings (SSSR count). The van der Waals surface area contributed by atoms with Gasteiger partial charge in [0.25, 0.3) is 0 Å². The van der Waals surface area contributed by atoms with Crippen LogP contribution < -0.4 is 0 Å². The molecule has 10 heavy (non-hydrogen) atoms. The molecule has 0 aliphatic rings. The van der Waals surface area contributed by atoms with E-state index in [0.29, 0.717) is 0 Å². The van der Waals surface area contributed by atoms with Crippen LogP contribution >= 0.6 is 35.1 Å². The Morgan fingerprint density at radius 1 is 1.10 bits per heavy atom. The molecule has 0 atom stereocenters. The second kappa shape index (κ2) is 9.99. The van der Waals surface area contributed by atoms with Crippen molar-refractivity contribution in [1.82, 2.24) is 0 Å². The Bertz CT molecular complexity index is 51.6. The van der Waals surface area contributed by atoms with Gasteiger partial charge in [-0.15, -0.1) is 11.6 Å². The van der Waals surface area contributed by atoms with Gasteiger partial charge in [-0.1, -0.05) is 6.92 Å². The first-order chi connectivity index (χ1) is 4.91. The lowest BCUT2D eigenvalue weighted by atomic mass is 10.6. The molecule has 0 aromatic heterocycles. The zero-order valence-corrected chi connectivity index (χ0v) is 8.83. The fraction of sp³-hybridized carbons (Fsp3) is 1.00. The Morgan fingerprint density at radius 3 is 2.40 bits per heavy atom. The van der Waals surface area contributed by atoms with Gasteiger partial charge in [-0.3, -0.25) is 0 Å². The number of hydrogen-bond donors (Lipinski definition) is 0. The van der Waals surface area contributed by atoms with Crippen LogP contribution in [0.3, 0.4) is 0 Å². The summed E-state index contributed by atoms with van der Waals surface area (Å²) in [6, 6.07) is 0. The molecule has 0 N–H and O–H groups in total. The van der Waals surface area contributed by atoms with Crippen LogP contribution in [-0.2, 0) is 0 Å². The van der Waals surface area contributed by atoms with Crippen LogP contribution in [-0.4, -0.2) is 28.9 Å². The normalized spacial score (nSPS) is 10.2. The molecule has 0 saturated carbocycles. The maximum Gasteiger partial charge on any atom is 0.0231 e. The lowest BCUT2D eigenvalue weighted by Crippen LogP contribution is -1.87. The molecule has 0 aliphatic carbocycles. The second-order valence-corrected chi connectivity index (χ2v) is 4.85. The number of rotatable bonds is 7.